The zero-order valence-corrected chi connectivity index (χ0v) is 31.8. The van der Waals surface area contributed by atoms with Crippen molar-refractivity contribution in [2.24, 2.45) is 0 Å². The van der Waals surface area contributed by atoms with Crippen LogP contribution in [0, 0.1) is 0 Å². The highest BCUT2D eigenvalue weighted by Crippen LogP contribution is 2.41. The molecule has 0 atom stereocenters. The van der Waals surface area contributed by atoms with Gasteiger partial charge in [0.2, 0.25) is 0 Å². The van der Waals surface area contributed by atoms with Crippen molar-refractivity contribution < 1.29 is 0 Å². The lowest BCUT2D eigenvalue weighted by Crippen LogP contribution is -2.09. The van der Waals surface area contributed by atoms with Crippen molar-refractivity contribution in [2.75, 3.05) is 4.90 Å². The molecule has 11 rings (SSSR count). The van der Waals surface area contributed by atoms with Gasteiger partial charge in [-0.3, -0.25) is 0 Å². The SMILES string of the molecule is c1ccc(N(c2ccc(-c3ccc4c(ccc5ccccc54)c3)cc2)c2ccc(-c3ccccc3-c3ccccc3-n3c4ccccc4c4ccccc43)cc2)cc1. The number of hydrogen-bond acceptors (Lipinski definition) is 1. The van der Waals surface area contributed by atoms with Gasteiger partial charge in [-0.15, -0.1) is 0 Å². The first-order chi connectivity index (χ1) is 28.8. The monoisotopic (exact) mass is 738 g/mol. The number of hydrogen-bond donors (Lipinski definition) is 0. The van der Waals surface area contributed by atoms with E-state index in [1.54, 1.807) is 0 Å². The minimum absolute atomic E-state index is 1.10. The number of rotatable bonds is 7. The van der Waals surface area contributed by atoms with Crippen LogP contribution < -0.4 is 4.90 Å². The van der Waals surface area contributed by atoms with Crippen molar-refractivity contribution in [3.05, 3.63) is 231 Å². The van der Waals surface area contributed by atoms with Crippen LogP contribution >= 0.6 is 0 Å². The molecule has 0 aliphatic rings. The van der Waals surface area contributed by atoms with Crippen molar-refractivity contribution in [1.29, 1.82) is 0 Å². The lowest BCUT2D eigenvalue weighted by atomic mass is 9.93. The lowest BCUT2D eigenvalue weighted by Gasteiger charge is -2.26. The minimum atomic E-state index is 1.10. The molecule has 1 aromatic heterocycles. The minimum Gasteiger partial charge on any atom is -0.311 e. The average Bonchev–Trinajstić information content (AvgIpc) is 3.64. The van der Waals surface area contributed by atoms with Gasteiger partial charge < -0.3 is 9.47 Å². The molecule has 2 nitrogen and oxygen atoms in total. The van der Waals surface area contributed by atoms with Crippen molar-refractivity contribution >= 4 is 60.4 Å². The molecule has 0 N–H and O–H groups in total. The zero-order valence-electron chi connectivity index (χ0n) is 31.8. The van der Waals surface area contributed by atoms with Crippen LogP contribution in [-0.2, 0) is 0 Å². The van der Waals surface area contributed by atoms with E-state index in [0.29, 0.717) is 0 Å². The Hall–Kier alpha value is -7.68. The standard InChI is InChI=1S/C56H38N2/c1-2-15-44(16-3-1)57(45-33-28-39(29-34-45)42-32-37-49-43(38-42)27-26-40-14-4-5-17-47(40)49)46-35-30-41(31-36-46)48-18-6-7-19-50(48)51-20-8-11-23-54(51)58-55-24-12-9-21-52(55)53-22-10-13-25-56(53)58/h1-38H. The molecule has 58 heavy (non-hydrogen) atoms. The molecule has 0 radical (unpaired) electrons. The zero-order chi connectivity index (χ0) is 38.4. The summed E-state index contributed by atoms with van der Waals surface area (Å²) in [5.74, 6) is 0. The van der Waals surface area contributed by atoms with Gasteiger partial charge in [-0.2, -0.15) is 0 Å². The summed E-state index contributed by atoms with van der Waals surface area (Å²) in [5, 5.41) is 7.62. The molecule has 0 aliphatic carbocycles. The van der Waals surface area contributed by atoms with Gasteiger partial charge in [0.1, 0.15) is 0 Å². The lowest BCUT2D eigenvalue weighted by molar-refractivity contribution is 1.18. The Balaban J connectivity index is 0.959. The summed E-state index contributed by atoms with van der Waals surface area (Å²) in [7, 11) is 0. The van der Waals surface area contributed by atoms with Gasteiger partial charge in [-0.25, -0.2) is 0 Å². The molecule has 11 aromatic rings. The summed E-state index contributed by atoms with van der Waals surface area (Å²) in [6.07, 6.45) is 0. The predicted molar refractivity (Wildman–Crippen MR) is 247 cm³/mol. The third-order valence-electron chi connectivity index (χ3n) is 11.6. The third kappa shape index (κ3) is 5.74. The van der Waals surface area contributed by atoms with E-state index < -0.39 is 0 Å². The van der Waals surface area contributed by atoms with E-state index in [2.05, 4.69) is 240 Å². The van der Waals surface area contributed by atoms with Crippen molar-refractivity contribution in [3.8, 4) is 39.1 Å². The predicted octanol–water partition coefficient (Wildman–Crippen LogP) is 15.6. The van der Waals surface area contributed by atoms with Crippen LogP contribution in [0.4, 0.5) is 17.1 Å². The first-order valence-electron chi connectivity index (χ1n) is 19.9. The van der Waals surface area contributed by atoms with E-state index in [1.165, 1.54) is 82.4 Å². The van der Waals surface area contributed by atoms with E-state index in [9.17, 15) is 0 Å². The average molecular weight is 739 g/mol. The number of benzene rings is 10. The highest BCUT2D eigenvalue weighted by atomic mass is 15.1. The number of anilines is 3. The molecule has 0 unspecified atom stereocenters. The maximum Gasteiger partial charge on any atom is 0.0541 e. The molecule has 272 valence electrons. The normalized spacial score (nSPS) is 11.4. The molecule has 10 aromatic carbocycles. The summed E-state index contributed by atoms with van der Waals surface area (Å²) in [6.45, 7) is 0. The van der Waals surface area contributed by atoms with Crippen molar-refractivity contribution in [1.82, 2.24) is 4.57 Å². The Bertz CT molecular complexity index is 3210. The number of aromatic nitrogens is 1. The topological polar surface area (TPSA) is 8.17 Å². The Morgan fingerprint density at radius 1 is 0.276 bits per heavy atom. The summed E-state index contributed by atoms with van der Waals surface area (Å²) in [6, 6.07) is 83.6. The fourth-order valence-electron chi connectivity index (χ4n) is 8.86. The maximum absolute atomic E-state index is 2.42. The van der Waals surface area contributed by atoms with E-state index in [-0.39, 0.29) is 0 Å². The van der Waals surface area contributed by atoms with Gasteiger partial charge in [-0.05, 0) is 110 Å². The van der Waals surface area contributed by atoms with Crippen LogP contribution in [0.5, 0.6) is 0 Å². The molecule has 0 saturated carbocycles. The van der Waals surface area contributed by atoms with E-state index >= 15 is 0 Å². The largest absolute Gasteiger partial charge is 0.311 e. The quantitative estimate of drug-likeness (QED) is 0.148. The Kier molecular flexibility index (Phi) is 8.19. The van der Waals surface area contributed by atoms with Crippen molar-refractivity contribution in [2.45, 2.75) is 0 Å². The smallest absolute Gasteiger partial charge is 0.0541 e. The third-order valence-corrected chi connectivity index (χ3v) is 11.6. The van der Waals surface area contributed by atoms with Crippen LogP contribution in [0.2, 0.25) is 0 Å². The van der Waals surface area contributed by atoms with E-state index in [0.717, 1.165) is 17.1 Å². The molecule has 2 heteroatoms. The summed E-state index contributed by atoms with van der Waals surface area (Å²) < 4.78 is 2.42. The highest BCUT2D eigenvalue weighted by molar-refractivity contribution is 6.10. The van der Waals surface area contributed by atoms with Gasteiger partial charge in [0.15, 0.2) is 0 Å². The summed E-state index contributed by atoms with van der Waals surface area (Å²) in [5.41, 5.74) is 14.1. The summed E-state index contributed by atoms with van der Waals surface area (Å²) >= 11 is 0. The number of para-hydroxylation sites is 4. The molecule has 0 fully saturated rings. The van der Waals surface area contributed by atoms with Gasteiger partial charge >= 0.3 is 0 Å². The first-order valence-corrected chi connectivity index (χ1v) is 19.9. The second-order valence-electron chi connectivity index (χ2n) is 14.9. The maximum atomic E-state index is 2.42. The molecule has 0 amide bonds. The van der Waals surface area contributed by atoms with E-state index in [4.69, 9.17) is 0 Å². The van der Waals surface area contributed by atoms with Gasteiger partial charge in [0.25, 0.3) is 0 Å². The van der Waals surface area contributed by atoms with E-state index in [1.807, 2.05) is 0 Å². The Morgan fingerprint density at radius 3 is 1.47 bits per heavy atom. The second kappa shape index (κ2) is 14.1. The molecule has 0 bridgehead atoms. The Labute approximate surface area is 338 Å². The van der Waals surface area contributed by atoms with Gasteiger partial charge in [0, 0.05) is 33.4 Å². The molecule has 0 aliphatic heterocycles. The van der Waals surface area contributed by atoms with Crippen LogP contribution in [-0.4, -0.2) is 4.57 Å². The second-order valence-corrected chi connectivity index (χ2v) is 14.9. The van der Waals surface area contributed by atoms with Crippen LogP contribution in [0.1, 0.15) is 0 Å². The first kappa shape index (κ1) is 33.6. The number of nitrogens with zero attached hydrogens (tertiary/aromatic N) is 2. The van der Waals surface area contributed by atoms with Crippen molar-refractivity contribution in [3.63, 3.8) is 0 Å². The fourth-order valence-corrected chi connectivity index (χ4v) is 8.86. The molecule has 1 heterocycles. The van der Waals surface area contributed by atoms with Gasteiger partial charge in [0.05, 0.1) is 16.7 Å². The highest BCUT2D eigenvalue weighted by Gasteiger charge is 2.18. The summed E-state index contributed by atoms with van der Waals surface area (Å²) in [4.78, 5) is 2.34. The van der Waals surface area contributed by atoms with Crippen LogP contribution in [0.25, 0.3) is 82.4 Å². The fraction of sp³-hybridized carbons (Fsp3) is 0. The van der Waals surface area contributed by atoms with Crippen LogP contribution in [0.3, 0.4) is 0 Å². The Morgan fingerprint density at radius 2 is 0.759 bits per heavy atom. The molecule has 0 saturated heterocycles. The van der Waals surface area contributed by atoms with Crippen LogP contribution in [0.15, 0.2) is 231 Å². The molecular weight excluding hydrogens is 701 g/mol. The molecule has 0 spiro atoms. The van der Waals surface area contributed by atoms with Gasteiger partial charge in [-0.1, -0.05) is 170 Å². The molecular formula is C56H38N2. The number of fused-ring (bicyclic) bond motifs is 6.